The lowest BCUT2D eigenvalue weighted by Gasteiger charge is -2.11. The van der Waals surface area contributed by atoms with E-state index in [-0.39, 0.29) is 12.8 Å². The van der Waals surface area contributed by atoms with Crippen molar-refractivity contribution in [3.63, 3.8) is 0 Å². The van der Waals surface area contributed by atoms with E-state index in [0.717, 1.165) is 17.1 Å². The van der Waals surface area contributed by atoms with Gasteiger partial charge in [0, 0.05) is 6.04 Å². The minimum absolute atomic E-state index is 0.248. The van der Waals surface area contributed by atoms with Crippen LogP contribution in [-0.4, -0.2) is 12.8 Å². The van der Waals surface area contributed by atoms with E-state index < -0.39 is 0 Å². The molecule has 0 unspecified atom stereocenters. The monoisotopic (exact) mass is 216 g/mol. The maximum atomic E-state index is 9.12. The minimum atomic E-state index is -0.248. The fourth-order valence-corrected chi connectivity index (χ4v) is 1.79. The van der Waals surface area contributed by atoms with E-state index in [0.29, 0.717) is 6.04 Å². The predicted octanol–water partition coefficient (Wildman–Crippen LogP) is 1.73. The van der Waals surface area contributed by atoms with Gasteiger partial charge < -0.3 is 9.47 Å². The zero-order chi connectivity index (χ0) is 11.0. The zero-order valence-corrected chi connectivity index (χ0v) is 8.77. The van der Waals surface area contributed by atoms with Gasteiger partial charge >= 0.3 is 0 Å². The maximum absolute atomic E-state index is 9.12. The van der Waals surface area contributed by atoms with E-state index in [9.17, 15) is 0 Å². The highest BCUT2D eigenvalue weighted by atomic mass is 16.7. The summed E-state index contributed by atoms with van der Waals surface area (Å²) in [6.45, 7) is 0.270. The van der Waals surface area contributed by atoms with Crippen LogP contribution in [0.5, 0.6) is 11.5 Å². The Kier molecular flexibility index (Phi) is 2.19. The predicted molar refractivity (Wildman–Crippen MR) is 57.1 cm³/mol. The third-order valence-electron chi connectivity index (χ3n) is 2.84. The van der Waals surface area contributed by atoms with Crippen molar-refractivity contribution in [1.82, 2.24) is 5.32 Å². The lowest BCUT2D eigenvalue weighted by atomic mass is 10.1. The van der Waals surface area contributed by atoms with Crippen molar-refractivity contribution in [2.24, 2.45) is 0 Å². The van der Waals surface area contributed by atoms with Crippen LogP contribution in [0.2, 0.25) is 0 Å². The van der Waals surface area contributed by atoms with Gasteiger partial charge in [-0.25, -0.2) is 0 Å². The Balaban J connectivity index is 1.84. The SMILES string of the molecule is N#C[C@H](NC1CC1)c1ccc2c(c1)OCO2. The summed E-state index contributed by atoms with van der Waals surface area (Å²) < 4.78 is 10.5. The highest BCUT2D eigenvalue weighted by Crippen LogP contribution is 2.34. The van der Waals surface area contributed by atoms with Crippen molar-refractivity contribution < 1.29 is 9.47 Å². The normalized spacial score (nSPS) is 19.2. The standard InChI is InChI=1S/C12H12N2O2/c13-6-10(14-9-2-3-9)8-1-4-11-12(5-8)16-7-15-11/h1,4-5,9-10,14H,2-3,7H2/t10-/m0/s1. The Morgan fingerprint density at radius 1 is 1.31 bits per heavy atom. The largest absolute Gasteiger partial charge is 0.454 e. The lowest BCUT2D eigenvalue weighted by molar-refractivity contribution is 0.174. The third kappa shape index (κ3) is 1.70. The number of benzene rings is 1. The number of nitrogens with one attached hydrogen (secondary N) is 1. The molecule has 1 aromatic rings. The molecule has 0 bridgehead atoms. The van der Waals surface area contributed by atoms with E-state index in [1.54, 1.807) is 0 Å². The number of ether oxygens (including phenoxy) is 2. The van der Waals surface area contributed by atoms with Gasteiger partial charge in [0.15, 0.2) is 11.5 Å². The molecule has 0 amide bonds. The first kappa shape index (κ1) is 9.49. The Morgan fingerprint density at radius 2 is 2.12 bits per heavy atom. The first-order chi connectivity index (χ1) is 7.86. The molecule has 3 rings (SSSR count). The van der Waals surface area contributed by atoms with E-state index in [1.165, 1.54) is 12.8 Å². The molecule has 1 aliphatic carbocycles. The Bertz CT molecular complexity index is 449. The van der Waals surface area contributed by atoms with Crippen molar-refractivity contribution in [3.8, 4) is 17.6 Å². The molecule has 0 spiro atoms. The molecule has 1 saturated carbocycles. The van der Waals surface area contributed by atoms with Crippen LogP contribution in [0.3, 0.4) is 0 Å². The van der Waals surface area contributed by atoms with Crippen LogP contribution in [-0.2, 0) is 0 Å². The van der Waals surface area contributed by atoms with Crippen LogP contribution >= 0.6 is 0 Å². The average Bonchev–Trinajstić information content (AvgIpc) is 3.01. The molecule has 4 heteroatoms. The van der Waals surface area contributed by atoms with Gasteiger partial charge in [0.2, 0.25) is 6.79 Å². The molecule has 0 radical (unpaired) electrons. The van der Waals surface area contributed by atoms with Crippen molar-refractivity contribution in [1.29, 1.82) is 5.26 Å². The molecule has 1 atom stereocenters. The van der Waals surface area contributed by atoms with E-state index in [1.807, 2.05) is 18.2 Å². The average molecular weight is 216 g/mol. The van der Waals surface area contributed by atoms with Crippen LogP contribution in [0.1, 0.15) is 24.4 Å². The molecule has 2 aliphatic rings. The summed E-state index contributed by atoms with van der Waals surface area (Å²) in [7, 11) is 0. The highest BCUT2D eigenvalue weighted by molar-refractivity contribution is 5.46. The van der Waals surface area contributed by atoms with Gasteiger partial charge in [-0.15, -0.1) is 0 Å². The molecule has 16 heavy (non-hydrogen) atoms. The second kappa shape index (κ2) is 3.69. The molecule has 1 fully saturated rings. The lowest BCUT2D eigenvalue weighted by Crippen LogP contribution is -2.21. The van der Waals surface area contributed by atoms with Crippen molar-refractivity contribution in [3.05, 3.63) is 23.8 Å². The number of hydrogen-bond donors (Lipinski definition) is 1. The summed E-state index contributed by atoms with van der Waals surface area (Å²) in [5.74, 6) is 1.49. The summed E-state index contributed by atoms with van der Waals surface area (Å²) in [6.07, 6.45) is 2.34. The fraction of sp³-hybridized carbons (Fsp3) is 0.417. The molecule has 1 N–H and O–H groups in total. The molecule has 0 saturated heterocycles. The van der Waals surface area contributed by atoms with Crippen LogP contribution in [0.15, 0.2) is 18.2 Å². The van der Waals surface area contributed by atoms with Gasteiger partial charge in [0.05, 0.1) is 6.07 Å². The van der Waals surface area contributed by atoms with E-state index in [2.05, 4.69) is 11.4 Å². The summed E-state index contributed by atoms with van der Waals surface area (Å²) in [6, 6.07) is 8.19. The van der Waals surface area contributed by atoms with Crippen molar-refractivity contribution in [2.45, 2.75) is 24.9 Å². The van der Waals surface area contributed by atoms with Gasteiger partial charge in [-0.1, -0.05) is 6.07 Å². The molecule has 4 nitrogen and oxygen atoms in total. The molecule has 1 aliphatic heterocycles. The number of nitrogens with zero attached hydrogens (tertiary/aromatic N) is 1. The first-order valence-electron chi connectivity index (χ1n) is 5.42. The second-order valence-electron chi connectivity index (χ2n) is 4.12. The number of hydrogen-bond acceptors (Lipinski definition) is 4. The quantitative estimate of drug-likeness (QED) is 0.836. The summed E-state index contributed by atoms with van der Waals surface area (Å²) >= 11 is 0. The highest BCUT2D eigenvalue weighted by Gasteiger charge is 2.26. The van der Waals surface area contributed by atoms with Crippen molar-refractivity contribution in [2.75, 3.05) is 6.79 Å². The molecule has 82 valence electrons. The summed E-state index contributed by atoms with van der Waals surface area (Å²) in [5, 5.41) is 12.4. The van der Waals surface area contributed by atoms with Gasteiger partial charge in [-0.05, 0) is 30.5 Å². The van der Waals surface area contributed by atoms with Gasteiger partial charge in [-0.2, -0.15) is 5.26 Å². The smallest absolute Gasteiger partial charge is 0.231 e. The minimum Gasteiger partial charge on any atom is -0.454 e. The van der Waals surface area contributed by atoms with Gasteiger partial charge in [0.1, 0.15) is 6.04 Å². The second-order valence-corrected chi connectivity index (χ2v) is 4.12. The molecular formula is C12H12N2O2. The Labute approximate surface area is 93.8 Å². The molecule has 1 heterocycles. The third-order valence-corrected chi connectivity index (χ3v) is 2.84. The Hall–Kier alpha value is -1.73. The van der Waals surface area contributed by atoms with Gasteiger partial charge in [0.25, 0.3) is 0 Å². The zero-order valence-electron chi connectivity index (χ0n) is 8.77. The maximum Gasteiger partial charge on any atom is 0.231 e. The van der Waals surface area contributed by atoms with Gasteiger partial charge in [-0.3, -0.25) is 5.32 Å². The topological polar surface area (TPSA) is 54.3 Å². The van der Waals surface area contributed by atoms with Crippen LogP contribution in [0, 0.1) is 11.3 Å². The van der Waals surface area contributed by atoms with Crippen LogP contribution in [0.4, 0.5) is 0 Å². The number of fused-ring (bicyclic) bond motifs is 1. The number of nitriles is 1. The van der Waals surface area contributed by atoms with Crippen LogP contribution in [0.25, 0.3) is 0 Å². The Morgan fingerprint density at radius 3 is 2.88 bits per heavy atom. The van der Waals surface area contributed by atoms with E-state index in [4.69, 9.17) is 14.7 Å². The van der Waals surface area contributed by atoms with Crippen LogP contribution < -0.4 is 14.8 Å². The summed E-state index contributed by atoms with van der Waals surface area (Å²) in [4.78, 5) is 0. The first-order valence-corrected chi connectivity index (χ1v) is 5.42. The molecular weight excluding hydrogens is 204 g/mol. The molecule has 1 aromatic carbocycles. The fourth-order valence-electron chi connectivity index (χ4n) is 1.79. The number of rotatable bonds is 3. The summed E-state index contributed by atoms with van der Waals surface area (Å²) in [5.41, 5.74) is 0.943. The van der Waals surface area contributed by atoms with Crippen molar-refractivity contribution >= 4 is 0 Å². The van der Waals surface area contributed by atoms with E-state index >= 15 is 0 Å². The molecule has 0 aromatic heterocycles.